The van der Waals surface area contributed by atoms with Crippen molar-refractivity contribution in [1.82, 2.24) is 9.38 Å². The molecule has 0 aliphatic carbocycles. The fraction of sp³-hybridized carbons (Fsp3) is 0.462. The highest BCUT2D eigenvalue weighted by atomic mass is 16.5. The van der Waals surface area contributed by atoms with Crippen LogP contribution in [0.3, 0.4) is 0 Å². The fourth-order valence-electron chi connectivity index (χ4n) is 2.46. The van der Waals surface area contributed by atoms with Crippen LogP contribution in [0.1, 0.15) is 17.8 Å². The molecule has 4 nitrogen and oxygen atoms in total. The second-order valence-corrected chi connectivity index (χ2v) is 4.60. The predicted octanol–water partition coefficient (Wildman–Crippen LogP) is 1.37. The third-order valence-electron chi connectivity index (χ3n) is 3.45. The molecule has 0 radical (unpaired) electrons. The molecule has 4 heteroatoms. The Bertz CT molecular complexity index is 514. The van der Waals surface area contributed by atoms with Crippen molar-refractivity contribution < 1.29 is 4.74 Å². The molecule has 1 unspecified atom stereocenters. The van der Waals surface area contributed by atoms with Gasteiger partial charge in [0.2, 0.25) is 0 Å². The summed E-state index contributed by atoms with van der Waals surface area (Å²) in [6.45, 7) is 2.32. The number of fused-ring (bicyclic) bond motifs is 1. The van der Waals surface area contributed by atoms with E-state index >= 15 is 0 Å². The molecule has 17 heavy (non-hydrogen) atoms. The minimum atomic E-state index is 0.558. The van der Waals surface area contributed by atoms with Gasteiger partial charge in [0.1, 0.15) is 5.82 Å². The van der Waals surface area contributed by atoms with E-state index in [2.05, 4.69) is 21.6 Å². The number of hydrogen-bond donors (Lipinski definition) is 1. The Balaban J connectivity index is 1.94. The van der Waals surface area contributed by atoms with Crippen LogP contribution in [-0.4, -0.2) is 22.6 Å². The van der Waals surface area contributed by atoms with Crippen LogP contribution in [0, 0.1) is 5.92 Å². The third kappa shape index (κ3) is 1.94. The standard InChI is InChI=1S/C13H17N3O/c14-7-11-2-1-4-16-12(11)8-15-13(16)6-10-3-5-17-9-10/h1-2,4,8,10H,3,5-7,9,14H2. The van der Waals surface area contributed by atoms with E-state index in [1.165, 1.54) is 0 Å². The first-order valence-corrected chi connectivity index (χ1v) is 6.10. The van der Waals surface area contributed by atoms with Crippen molar-refractivity contribution >= 4 is 5.52 Å². The van der Waals surface area contributed by atoms with Crippen LogP contribution < -0.4 is 5.73 Å². The van der Waals surface area contributed by atoms with E-state index < -0.39 is 0 Å². The first-order valence-electron chi connectivity index (χ1n) is 6.10. The van der Waals surface area contributed by atoms with E-state index in [-0.39, 0.29) is 0 Å². The molecule has 2 N–H and O–H groups in total. The summed E-state index contributed by atoms with van der Waals surface area (Å²) in [7, 11) is 0. The number of imidazole rings is 1. The maximum Gasteiger partial charge on any atom is 0.113 e. The summed E-state index contributed by atoms with van der Waals surface area (Å²) in [4.78, 5) is 4.52. The van der Waals surface area contributed by atoms with E-state index in [9.17, 15) is 0 Å². The zero-order valence-electron chi connectivity index (χ0n) is 9.80. The predicted molar refractivity (Wildman–Crippen MR) is 65.7 cm³/mol. The average molecular weight is 231 g/mol. The van der Waals surface area contributed by atoms with Gasteiger partial charge in [-0.05, 0) is 24.0 Å². The van der Waals surface area contributed by atoms with Gasteiger partial charge in [-0.15, -0.1) is 0 Å². The molecule has 0 spiro atoms. The molecule has 0 amide bonds. The Kier molecular flexibility index (Phi) is 2.82. The molecule has 0 saturated carbocycles. The molecule has 2 aromatic heterocycles. The van der Waals surface area contributed by atoms with Crippen LogP contribution in [0.15, 0.2) is 24.5 Å². The SMILES string of the molecule is NCc1cccn2c(CC3CCOC3)ncc12. The molecule has 1 saturated heterocycles. The zero-order valence-corrected chi connectivity index (χ0v) is 9.80. The van der Waals surface area contributed by atoms with Gasteiger partial charge in [0, 0.05) is 32.4 Å². The lowest BCUT2D eigenvalue weighted by molar-refractivity contribution is 0.185. The van der Waals surface area contributed by atoms with Crippen molar-refractivity contribution in [1.29, 1.82) is 0 Å². The Hall–Kier alpha value is -1.39. The highest BCUT2D eigenvalue weighted by Gasteiger charge is 2.18. The summed E-state index contributed by atoms with van der Waals surface area (Å²) in [5, 5.41) is 0. The molecule has 3 heterocycles. The molecular weight excluding hydrogens is 214 g/mol. The Labute approximate surface area is 100 Å². The van der Waals surface area contributed by atoms with Gasteiger partial charge < -0.3 is 14.9 Å². The quantitative estimate of drug-likeness (QED) is 0.868. The van der Waals surface area contributed by atoms with E-state index in [0.717, 1.165) is 43.0 Å². The monoisotopic (exact) mass is 231 g/mol. The summed E-state index contributed by atoms with van der Waals surface area (Å²) in [5.74, 6) is 1.73. The molecule has 1 aliphatic rings. The van der Waals surface area contributed by atoms with E-state index in [0.29, 0.717) is 12.5 Å². The van der Waals surface area contributed by atoms with Gasteiger partial charge in [-0.25, -0.2) is 4.98 Å². The van der Waals surface area contributed by atoms with Crippen molar-refractivity contribution in [2.24, 2.45) is 11.7 Å². The van der Waals surface area contributed by atoms with Crippen molar-refractivity contribution in [2.45, 2.75) is 19.4 Å². The number of nitrogens with zero attached hydrogens (tertiary/aromatic N) is 2. The highest BCUT2D eigenvalue weighted by Crippen LogP contribution is 2.19. The van der Waals surface area contributed by atoms with Gasteiger partial charge in [0.25, 0.3) is 0 Å². The first-order chi connectivity index (χ1) is 8.38. The van der Waals surface area contributed by atoms with Gasteiger partial charge in [-0.1, -0.05) is 6.07 Å². The van der Waals surface area contributed by atoms with Crippen molar-refractivity contribution in [3.8, 4) is 0 Å². The molecule has 1 aliphatic heterocycles. The summed E-state index contributed by atoms with van der Waals surface area (Å²) in [6.07, 6.45) is 6.12. The summed E-state index contributed by atoms with van der Waals surface area (Å²) >= 11 is 0. The molecule has 1 atom stereocenters. The minimum Gasteiger partial charge on any atom is -0.381 e. The second-order valence-electron chi connectivity index (χ2n) is 4.60. The van der Waals surface area contributed by atoms with Gasteiger partial charge in [-0.2, -0.15) is 0 Å². The number of pyridine rings is 1. The fourth-order valence-corrected chi connectivity index (χ4v) is 2.46. The van der Waals surface area contributed by atoms with E-state index in [1.54, 1.807) is 0 Å². The maximum absolute atomic E-state index is 5.73. The van der Waals surface area contributed by atoms with Gasteiger partial charge in [0.15, 0.2) is 0 Å². The molecule has 90 valence electrons. The first kappa shape index (κ1) is 10.7. The summed E-state index contributed by atoms with van der Waals surface area (Å²) in [6, 6.07) is 4.09. The molecular formula is C13H17N3O. The average Bonchev–Trinajstić information content (AvgIpc) is 2.99. The number of ether oxygens (including phenoxy) is 1. The Morgan fingerprint density at radius 3 is 3.24 bits per heavy atom. The summed E-state index contributed by atoms with van der Waals surface area (Å²) in [5.41, 5.74) is 8.00. The molecule has 3 rings (SSSR count). The number of nitrogens with two attached hydrogens (primary N) is 1. The number of hydrogen-bond acceptors (Lipinski definition) is 3. The van der Waals surface area contributed by atoms with Crippen LogP contribution in [-0.2, 0) is 17.7 Å². The van der Waals surface area contributed by atoms with Crippen LogP contribution in [0.4, 0.5) is 0 Å². The van der Waals surface area contributed by atoms with Gasteiger partial charge >= 0.3 is 0 Å². The molecule has 0 aromatic carbocycles. The molecule has 2 aromatic rings. The lowest BCUT2D eigenvalue weighted by atomic mass is 10.1. The molecule has 1 fully saturated rings. The lowest BCUT2D eigenvalue weighted by Gasteiger charge is -2.07. The lowest BCUT2D eigenvalue weighted by Crippen LogP contribution is -2.07. The minimum absolute atomic E-state index is 0.558. The van der Waals surface area contributed by atoms with Crippen LogP contribution in [0.2, 0.25) is 0 Å². The van der Waals surface area contributed by atoms with Crippen LogP contribution in [0.25, 0.3) is 5.52 Å². The normalized spacial score (nSPS) is 20.2. The Morgan fingerprint density at radius 1 is 1.53 bits per heavy atom. The summed E-state index contributed by atoms with van der Waals surface area (Å²) < 4.78 is 7.56. The van der Waals surface area contributed by atoms with E-state index in [1.807, 2.05) is 12.3 Å². The van der Waals surface area contributed by atoms with Crippen molar-refractivity contribution in [3.63, 3.8) is 0 Å². The molecule has 0 bridgehead atoms. The zero-order chi connectivity index (χ0) is 11.7. The number of rotatable bonds is 3. The number of aromatic nitrogens is 2. The smallest absolute Gasteiger partial charge is 0.113 e. The van der Waals surface area contributed by atoms with Gasteiger partial charge in [0.05, 0.1) is 11.7 Å². The highest BCUT2D eigenvalue weighted by molar-refractivity contribution is 5.54. The maximum atomic E-state index is 5.73. The van der Waals surface area contributed by atoms with Crippen molar-refractivity contribution in [3.05, 3.63) is 35.9 Å². The van der Waals surface area contributed by atoms with Gasteiger partial charge in [-0.3, -0.25) is 0 Å². The van der Waals surface area contributed by atoms with E-state index in [4.69, 9.17) is 10.5 Å². The largest absolute Gasteiger partial charge is 0.381 e. The second kappa shape index (κ2) is 4.47. The van der Waals surface area contributed by atoms with Crippen molar-refractivity contribution in [2.75, 3.05) is 13.2 Å². The Morgan fingerprint density at radius 2 is 2.47 bits per heavy atom. The third-order valence-corrected chi connectivity index (χ3v) is 3.45. The topological polar surface area (TPSA) is 52.5 Å². The van der Waals surface area contributed by atoms with Crippen LogP contribution >= 0.6 is 0 Å². The van der Waals surface area contributed by atoms with Crippen LogP contribution in [0.5, 0.6) is 0 Å².